The van der Waals surface area contributed by atoms with Crippen molar-refractivity contribution in [2.45, 2.75) is 25.1 Å². The van der Waals surface area contributed by atoms with Gasteiger partial charge < -0.3 is 20.0 Å². The number of quaternary nitrogens is 2. The Balaban J connectivity index is 1.53. The molecule has 11 heteroatoms. The van der Waals surface area contributed by atoms with E-state index in [0.717, 1.165) is 5.56 Å². The molecular weight excluding hydrogens is 394 g/mol. The summed E-state index contributed by atoms with van der Waals surface area (Å²) in [5, 5.41) is 52.5. The predicted octanol–water partition coefficient (Wildman–Crippen LogP) is -0.149. The van der Waals surface area contributed by atoms with E-state index in [1.54, 1.807) is 36.4 Å². The highest BCUT2D eigenvalue weighted by Gasteiger charge is 2.36. The Morgan fingerprint density at radius 3 is 2.50 bits per heavy atom. The standard InChI is InChI=1S/C19H21N5O6/c25-16-9-17(22(11-16)10-12-4-6-14(7-5-12)23(26)27)19-20-18(21-30-19)13-2-1-3-15(8-13)24(28)29/h1-8,16-17,23-26,28H,9-11H2. The van der Waals surface area contributed by atoms with Gasteiger partial charge in [0.25, 0.3) is 0 Å². The SMILES string of the molecule is [O-][NH+](O)c1ccc(CN2CC(O)CC2c2nc(-c3cccc([NH+]([O-])O)c3)no2)cc1. The summed E-state index contributed by atoms with van der Waals surface area (Å²) in [6.45, 7) is 0.894. The fourth-order valence-electron chi connectivity index (χ4n) is 3.58. The Bertz CT molecular complexity index is 993. The number of hydrogen-bond donors (Lipinski definition) is 5. The van der Waals surface area contributed by atoms with Gasteiger partial charge in [0.1, 0.15) is 0 Å². The number of aliphatic hydroxyl groups excluding tert-OH is 1. The molecule has 2 heterocycles. The molecule has 1 saturated heterocycles. The van der Waals surface area contributed by atoms with E-state index in [-0.39, 0.29) is 23.2 Å². The zero-order valence-corrected chi connectivity index (χ0v) is 15.8. The lowest BCUT2D eigenvalue weighted by molar-refractivity contribution is -0.991. The molecule has 30 heavy (non-hydrogen) atoms. The minimum absolute atomic E-state index is 0.126. The highest BCUT2D eigenvalue weighted by Crippen LogP contribution is 2.33. The van der Waals surface area contributed by atoms with Gasteiger partial charge in [0.15, 0.2) is 11.4 Å². The van der Waals surface area contributed by atoms with E-state index in [0.29, 0.717) is 31.0 Å². The number of β-amino-alcohol motifs (C(OH)–C–C–N with tert-alkyl or cyclic N) is 1. The highest BCUT2D eigenvalue weighted by atomic mass is 16.8. The molecule has 4 rings (SSSR count). The van der Waals surface area contributed by atoms with Crippen molar-refractivity contribution in [1.82, 2.24) is 15.0 Å². The van der Waals surface area contributed by atoms with Crippen molar-refractivity contribution in [3.05, 3.63) is 70.4 Å². The molecule has 3 aromatic rings. The smallest absolute Gasteiger partial charge is 0.244 e. The fraction of sp³-hybridized carbons (Fsp3) is 0.263. The maximum absolute atomic E-state index is 11.2. The van der Waals surface area contributed by atoms with Crippen LogP contribution in [0.1, 0.15) is 23.9 Å². The third-order valence-electron chi connectivity index (χ3n) is 5.06. The van der Waals surface area contributed by atoms with Crippen molar-refractivity contribution in [3.8, 4) is 11.4 Å². The highest BCUT2D eigenvalue weighted by molar-refractivity contribution is 5.58. The Kier molecular flexibility index (Phi) is 5.85. The summed E-state index contributed by atoms with van der Waals surface area (Å²) in [7, 11) is 0. The van der Waals surface area contributed by atoms with Crippen LogP contribution in [0.25, 0.3) is 11.4 Å². The number of rotatable bonds is 6. The van der Waals surface area contributed by atoms with E-state index < -0.39 is 16.6 Å². The number of nitrogens with one attached hydrogen (secondary N) is 2. The third-order valence-corrected chi connectivity index (χ3v) is 5.06. The number of hydrogen-bond acceptors (Lipinski definition) is 9. The fourth-order valence-corrected chi connectivity index (χ4v) is 3.58. The second-order valence-corrected chi connectivity index (χ2v) is 7.18. The number of aromatic nitrogens is 2. The molecule has 0 saturated carbocycles. The molecule has 5 N–H and O–H groups in total. The van der Waals surface area contributed by atoms with Crippen LogP contribution in [-0.2, 0) is 6.54 Å². The molecule has 1 aromatic heterocycles. The molecule has 4 unspecified atom stereocenters. The second kappa shape index (κ2) is 8.55. The van der Waals surface area contributed by atoms with Crippen LogP contribution >= 0.6 is 0 Å². The average molecular weight is 415 g/mol. The number of benzene rings is 2. The van der Waals surface area contributed by atoms with Gasteiger partial charge in [0.05, 0.1) is 12.1 Å². The Morgan fingerprint density at radius 1 is 1.07 bits per heavy atom. The van der Waals surface area contributed by atoms with E-state index in [4.69, 9.17) is 14.9 Å². The van der Waals surface area contributed by atoms with Crippen LogP contribution in [0.2, 0.25) is 0 Å². The molecule has 1 aliphatic rings. The first-order valence-electron chi connectivity index (χ1n) is 9.32. The first-order chi connectivity index (χ1) is 14.4. The van der Waals surface area contributed by atoms with Crippen molar-refractivity contribution < 1.29 is 30.5 Å². The number of nitrogens with zero attached hydrogens (tertiary/aromatic N) is 3. The van der Waals surface area contributed by atoms with Crippen LogP contribution in [0.5, 0.6) is 0 Å². The zero-order chi connectivity index (χ0) is 21.3. The summed E-state index contributed by atoms with van der Waals surface area (Å²) in [5.41, 5.74) is 1.76. The molecule has 158 valence electrons. The molecule has 0 aliphatic carbocycles. The summed E-state index contributed by atoms with van der Waals surface area (Å²) in [6, 6.07) is 12.5. The number of aliphatic hydroxyl groups is 1. The monoisotopic (exact) mass is 415 g/mol. The van der Waals surface area contributed by atoms with Crippen LogP contribution in [0.3, 0.4) is 0 Å². The summed E-state index contributed by atoms with van der Waals surface area (Å²) in [5.74, 6) is 0.615. The second-order valence-electron chi connectivity index (χ2n) is 7.18. The lowest BCUT2D eigenvalue weighted by Crippen LogP contribution is -2.99. The Morgan fingerprint density at radius 2 is 1.80 bits per heavy atom. The minimum atomic E-state index is -1.04. The summed E-state index contributed by atoms with van der Waals surface area (Å²) in [4.78, 5) is 6.42. The van der Waals surface area contributed by atoms with Crippen molar-refractivity contribution >= 4 is 11.4 Å². The van der Waals surface area contributed by atoms with Gasteiger partial charge in [0, 0.05) is 42.9 Å². The summed E-state index contributed by atoms with van der Waals surface area (Å²) >= 11 is 0. The van der Waals surface area contributed by atoms with Crippen molar-refractivity contribution in [2.24, 2.45) is 0 Å². The average Bonchev–Trinajstić information content (AvgIpc) is 3.35. The normalized spacial score (nSPS) is 21.6. The molecule has 1 aliphatic heterocycles. The van der Waals surface area contributed by atoms with Crippen LogP contribution in [0, 0.1) is 10.4 Å². The van der Waals surface area contributed by atoms with Crippen molar-refractivity contribution in [2.75, 3.05) is 6.54 Å². The molecule has 2 aromatic carbocycles. The van der Waals surface area contributed by atoms with Crippen LogP contribution in [0.15, 0.2) is 53.1 Å². The van der Waals surface area contributed by atoms with Gasteiger partial charge in [-0.05, 0) is 12.0 Å². The largest absolute Gasteiger partial charge is 0.595 e. The molecule has 0 radical (unpaired) electrons. The van der Waals surface area contributed by atoms with Gasteiger partial charge in [-0.1, -0.05) is 29.4 Å². The first-order valence-corrected chi connectivity index (χ1v) is 9.32. The molecule has 11 nitrogen and oxygen atoms in total. The lowest BCUT2D eigenvalue weighted by atomic mass is 10.1. The van der Waals surface area contributed by atoms with E-state index in [9.17, 15) is 15.5 Å². The van der Waals surface area contributed by atoms with Gasteiger partial charge >= 0.3 is 0 Å². The van der Waals surface area contributed by atoms with Gasteiger partial charge in [-0.15, -0.1) is 0 Å². The van der Waals surface area contributed by atoms with Crippen LogP contribution in [-0.4, -0.2) is 43.2 Å². The molecule has 0 spiro atoms. The molecule has 4 atom stereocenters. The molecule has 1 fully saturated rings. The van der Waals surface area contributed by atoms with Crippen LogP contribution in [0.4, 0.5) is 11.4 Å². The van der Waals surface area contributed by atoms with E-state index >= 15 is 0 Å². The maximum Gasteiger partial charge on any atom is 0.244 e. The third kappa shape index (κ3) is 4.38. The van der Waals surface area contributed by atoms with Gasteiger partial charge in [-0.2, -0.15) is 15.4 Å². The number of likely N-dealkylation sites (tertiary alicyclic amines) is 1. The zero-order valence-electron chi connectivity index (χ0n) is 15.8. The van der Waals surface area contributed by atoms with E-state index in [1.807, 2.05) is 4.90 Å². The maximum atomic E-state index is 11.2. The van der Waals surface area contributed by atoms with E-state index in [2.05, 4.69) is 10.1 Å². The van der Waals surface area contributed by atoms with Crippen molar-refractivity contribution in [3.63, 3.8) is 0 Å². The van der Waals surface area contributed by atoms with Gasteiger partial charge in [-0.25, -0.2) is 10.4 Å². The lowest BCUT2D eigenvalue weighted by Gasteiger charge is -2.21. The van der Waals surface area contributed by atoms with E-state index in [1.165, 1.54) is 12.1 Å². The van der Waals surface area contributed by atoms with Gasteiger partial charge in [-0.3, -0.25) is 4.90 Å². The summed E-state index contributed by atoms with van der Waals surface area (Å²) < 4.78 is 5.43. The Hall–Kier alpha value is -2.74. The molecule has 0 amide bonds. The first kappa shape index (κ1) is 20.5. The predicted molar refractivity (Wildman–Crippen MR) is 102 cm³/mol. The minimum Gasteiger partial charge on any atom is -0.595 e. The van der Waals surface area contributed by atoms with Crippen molar-refractivity contribution in [1.29, 1.82) is 0 Å². The summed E-state index contributed by atoms with van der Waals surface area (Å²) in [6.07, 6.45) is -0.136. The van der Waals surface area contributed by atoms with Gasteiger partial charge in [0.2, 0.25) is 11.7 Å². The van der Waals surface area contributed by atoms with Crippen LogP contribution < -0.4 is 10.5 Å². The quantitative estimate of drug-likeness (QED) is 0.345. The molecular formula is C19H21N5O6. The molecule has 0 bridgehead atoms. The topological polar surface area (TPSA) is 158 Å². The Labute approximate surface area is 171 Å².